The Labute approximate surface area is 166 Å². The van der Waals surface area contributed by atoms with Crippen molar-refractivity contribution in [2.24, 2.45) is 0 Å². The summed E-state index contributed by atoms with van der Waals surface area (Å²) in [6.07, 6.45) is 2.95. The van der Waals surface area contributed by atoms with Crippen LogP contribution in [0.4, 0.5) is 14.5 Å². The molecule has 1 fully saturated rings. The highest BCUT2D eigenvalue weighted by Gasteiger charge is 2.42. The number of anilines is 1. The standard InChI is InChI=1S/C22H19F2N3O2/c1-29-17-4-2-3-13(23)18(17)19-14(24)8-7-12-21(25)20-15(26-22(12)19)9-27(11-5-6-11)16(20)10-28/h2-4,7-8,10-11,16H,5-6,9H2,1H3,(H2,25,26). The van der Waals surface area contributed by atoms with E-state index in [-0.39, 0.29) is 22.4 Å². The van der Waals surface area contributed by atoms with Crippen LogP contribution in [0.1, 0.15) is 30.1 Å². The number of aldehydes is 1. The molecule has 2 N–H and O–H groups in total. The van der Waals surface area contributed by atoms with E-state index in [0.717, 1.165) is 19.1 Å². The number of nitrogens with two attached hydrogens (primary N) is 1. The van der Waals surface area contributed by atoms with Gasteiger partial charge in [-0.2, -0.15) is 0 Å². The molecular formula is C22H19F2N3O2. The van der Waals surface area contributed by atoms with E-state index in [9.17, 15) is 13.6 Å². The first-order chi connectivity index (χ1) is 14.0. The second kappa shape index (κ2) is 6.49. The predicted octanol–water partition coefficient (Wildman–Crippen LogP) is 3.99. The fourth-order valence-corrected chi connectivity index (χ4v) is 4.35. The Morgan fingerprint density at radius 2 is 1.93 bits per heavy atom. The second-order valence-electron chi connectivity index (χ2n) is 7.51. The average molecular weight is 395 g/mol. The molecular weight excluding hydrogens is 376 g/mol. The van der Waals surface area contributed by atoms with Crippen LogP contribution in [-0.2, 0) is 11.3 Å². The Hall–Kier alpha value is -3.06. The summed E-state index contributed by atoms with van der Waals surface area (Å²) < 4.78 is 35.0. The third-order valence-corrected chi connectivity index (χ3v) is 5.84. The van der Waals surface area contributed by atoms with Crippen LogP contribution >= 0.6 is 0 Å². The van der Waals surface area contributed by atoms with E-state index in [0.29, 0.717) is 34.9 Å². The van der Waals surface area contributed by atoms with Crippen molar-refractivity contribution < 1.29 is 18.3 Å². The third-order valence-electron chi connectivity index (χ3n) is 5.84. The van der Waals surface area contributed by atoms with Gasteiger partial charge in [-0.25, -0.2) is 8.78 Å². The lowest BCUT2D eigenvalue weighted by atomic mass is 9.96. The number of ether oxygens (including phenoxy) is 1. The van der Waals surface area contributed by atoms with Crippen LogP contribution in [0.25, 0.3) is 22.0 Å². The van der Waals surface area contributed by atoms with Gasteiger partial charge < -0.3 is 15.3 Å². The number of rotatable bonds is 4. The number of carbonyl (C=O) groups excluding carboxylic acids is 1. The Kier molecular flexibility index (Phi) is 4.03. The number of nitrogen functional groups attached to an aromatic ring is 1. The Bertz CT molecular complexity index is 1160. The Morgan fingerprint density at radius 3 is 2.62 bits per heavy atom. The molecule has 148 valence electrons. The first-order valence-corrected chi connectivity index (χ1v) is 9.49. The molecule has 2 aliphatic rings. The zero-order valence-electron chi connectivity index (χ0n) is 15.8. The number of methoxy groups -OCH3 is 1. The van der Waals surface area contributed by atoms with E-state index in [4.69, 9.17) is 10.5 Å². The lowest BCUT2D eigenvalue weighted by molar-refractivity contribution is -0.112. The van der Waals surface area contributed by atoms with Crippen molar-refractivity contribution in [2.45, 2.75) is 31.5 Å². The summed E-state index contributed by atoms with van der Waals surface area (Å²) in [6, 6.07) is 7.00. The number of hydrogen-bond acceptors (Lipinski definition) is 5. The molecule has 1 unspecified atom stereocenters. The molecule has 1 aliphatic heterocycles. The first kappa shape index (κ1) is 18.0. The highest BCUT2D eigenvalue weighted by Crippen LogP contribution is 2.46. The van der Waals surface area contributed by atoms with Gasteiger partial charge in [0.15, 0.2) is 0 Å². The van der Waals surface area contributed by atoms with E-state index in [2.05, 4.69) is 9.88 Å². The maximum absolute atomic E-state index is 15.0. The normalized spacial score (nSPS) is 18.8. The number of carbonyl (C=O) groups is 1. The molecule has 0 radical (unpaired) electrons. The van der Waals surface area contributed by atoms with Crippen LogP contribution in [0.15, 0.2) is 30.3 Å². The van der Waals surface area contributed by atoms with E-state index in [1.54, 1.807) is 6.07 Å². The molecule has 5 rings (SSSR count). The zero-order chi connectivity index (χ0) is 20.3. The number of benzene rings is 2. The van der Waals surface area contributed by atoms with Crippen molar-refractivity contribution in [3.8, 4) is 16.9 Å². The van der Waals surface area contributed by atoms with Gasteiger partial charge in [0.1, 0.15) is 23.7 Å². The van der Waals surface area contributed by atoms with Gasteiger partial charge in [-0.1, -0.05) is 6.07 Å². The minimum absolute atomic E-state index is 0.00827. The van der Waals surface area contributed by atoms with Gasteiger partial charge >= 0.3 is 0 Å². The summed E-state index contributed by atoms with van der Waals surface area (Å²) in [5.74, 6) is -1.01. The van der Waals surface area contributed by atoms with Crippen LogP contribution in [0.5, 0.6) is 5.75 Å². The third kappa shape index (κ3) is 2.61. The molecule has 1 saturated carbocycles. The number of halogens is 2. The van der Waals surface area contributed by atoms with Gasteiger partial charge in [-0.15, -0.1) is 0 Å². The quantitative estimate of drug-likeness (QED) is 0.677. The van der Waals surface area contributed by atoms with Gasteiger partial charge in [-0.05, 0) is 37.1 Å². The minimum Gasteiger partial charge on any atom is -0.496 e. The fraction of sp³-hybridized carbons (Fsp3) is 0.273. The number of hydrogen-bond donors (Lipinski definition) is 1. The van der Waals surface area contributed by atoms with E-state index < -0.39 is 17.7 Å². The van der Waals surface area contributed by atoms with E-state index in [1.807, 2.05) is 0 Å². The summed E-state index contributed by atoms with van der Waals surface area (Å²) in [4.78, 5) is 18.6. The molecule has 1 aliphatic carbocycles. The number of nitrogens with zero attached hydrogens (tertiary/aromatic N) is 2. The molecule has 0 bridgehead atoms. The molecule has 29 heavy (non-hydrogen) atoms. The maximum atomic E-state index is 15.0. The lowest BCUT2D eigenvalue weighted by Gasteiger charge is -2.20. The lowest BCUT2D eigenvalue weighted by Crippen LogP contribution is -2.25. The fourth-order valence-electron chi connectivity index (χ4n) is 4.35. The van der Waals surface area contributed by atoms with Gasteiger partial charge in [0.2, 0.25) is 0 Å². The molecule has 0 saturated heterocycles. The second-order valence-corrected chi connectivity index (χ2v) is 7.51. The van der Waals surface area contributed by atoms with Gasteiger partial charge in [0, 0.05) is 29.2 Å². The average Bonchev–Trinajstić information content (AvgIpc) is 3.49. The van der Waals surface area contributed by atoms with Crippen molar-refractivity contribution in [3.63, 3.8) is 0 Å². The van der Waals surface area contributed by atoms with Crippen molar-refractivity contribution in [1.29, 1.82) is 0 Å². The SMILES string of the molecule is COc1cccc(F)c1-c1c(F)ccc2c(N)c3c(nc12)CN(C1CC1)C3C=O. The molecule has 1 aromatic heterocycles. The summed E-state index contributed by atoms with van der Waals surface area (Å²) in [6.45, 7) is 0.466. The molecule has 1 atom stereocenters. The van der Waals surface area contributed by atoms with Gasteiger partial charge in [0.05, 0.1) is 35.5 Å². The van der Waals surface area contributed by atoms with Gasteiger partial charge in [-0.3, -0.25) is 9.88 Å². The van der Waals surface area contributed by atoms with Crippen LogP contribution < -0.4 is 10.5 Å². The highest BCUT2D eigenvalue weighted by molar-refractivity contribution is 6.03. The van der Waals surface area contributed by atoms with Crippen LogP contribution in [0.2, 0.25) is 0 Å². The smallest absolute Gasteiger partial charge is 0.141 e. The topological polar surface area (TPSA) is 68.5 Å². The summed E-state index contributed by atoms with van der Waals surface area (Å²) in [7, 11) is 1.41. The van der Waals surface area contributed by atoms with Gasteiger partial charge in [0.25, 0.3) is 0 Å². The molecule has 0 amide bonds. The maximum Gasteiger partial charge on any atom is 0.141 e. The van der Waals surface area contributed by atoms with E-state index >= 15 is 0 Å². The summed E-state index contributed by atoms with van der Waals surface area (Å²) in [5, 5.41) is 0.495. The molecule has 3 aromatic rings. The van der Waals surface area contributed by atoms with Crippen molar-refractivity contribution in [1.82, 2.24) is 9.88 Å². The minimum atomic E-state index is -0.614. The van der Waals surface area contributed by atoms with E-state index in [1.165, 1.54) is 31.4 Å². The molecule has 2 aromatic carbocycles. The molecule has 2 heterocycles. The molecule has 0 spiro atoms. The Morgan fingerprint density at radius 1 is 1.17 bits per heavy atom. The van der Waals surface area contributed by atoms with Crippen molar-refractivity contribution in [2.75, 3.05) is 12.8 Å². The number of aromatic nitrogens is 1. The monoisotopic (exact) mass is 395 g/mol. The summed E-state index contributed by atoms with van der Waals surface area (Å²) >= 11 is 0. The molecule has 7 heteroatoms. The highest BCUT2D eigenvalue weighted by atomic mass is 19.1. The summed E-state index contributed by atoms with van der Waals surface area (Å²) in [5.41, 5.74) is 8.45. The Balaban J connectivity index is 1.81. The molecule has 5 nitrogen and oxygen atoms in total. The van der Waals surface area contributed by atoms with Crippen LogP contribution in [-0.4, -0.2) is 29.3 Å². The van der Waals surface area contributed by atoms with Crippen molar-refractivity contribution >= 4 is 22.9 Å². The zero-order valence-corrected chi connectivity index (χ0v) is 15.8. The van der Waals surface area contributed by atoms with Crippen LogP contribution in [0, 0.1) is 11.6 Å². The number of fused-ring (bicyclic) bond motifs is 2. The predicted molar refractivity (Wildman–Crippen MR) is 105 cm³/mol. The first-order valence-electron chi connectivity index (χ1n) is 9.49. The van der Waals surface area contributed by atoms with Crippen molar-refractivity contribution in [3.05, 3.63) is 53.2 Å². The number of pyridine rings is 1. The van der Waals surface area contributed by atoms with Crippen LogP contribution in [0.3, 0.4) is 0 Å². The largest absolute Gasteiger partial charge is 0.496 e.